The molecule has 0 aliphatic rings. The molecule has 0 fully saturated rings. The van der Waals surface area contributed by atoms with Crippen LogP contribution in [0.3, 0.4) is 0 Å². The molecule has 0 radical (unpaired) electrons. The van der Waals surface area contributed by atoms with Gasteiger partial charge in [0.15, 0.2) is 11.6 Å². The second-order valence-electron chi connectivity index (χ2n) is 4.05. The van der Waals surface area contributed by atoms with Gasteiger partial charge in [0.05, 0.1) is 0 Å². The average molecular weight is 312 g/mol. The van der Waals surface area contributed by atoms with Crippen LogP contribution in [0.1, 0.15) is 17.2 Å². The smallest absolute Gasteiger partial charge is 0.163 e. The van der Waals surface area contributed by atoms with E-state index in [0.717, 1.165) is 16.1 Å². The van der Waals surface area contributed by atoms with Gasteiger partial charge in [-0.25, -0.2) is 8.78 Å². The van der Waals surface area contributed by atoms with Crippen LogP contribution >= 0.6 is 15.9 Å². The van der Waals surface area contributed by atoms with Crippen LogP contribution in [0.5, 0.6) is 0 Å². The maximum absolute atomic E-state index is 13.6. The average Bonchev–Trinajstić information content (AvgIpc) is 2.35. The van der Waals surface area contributed by atoms with Crippen molar-refractivity contribution < 1.29 is 8.78 Å². The SMILES string of the molecule is NC(Cc1ccccc1Br)c1cccc(F)c1F. The molecule has 0 aliphatic carbocycles. The van der Waals surface area contributed by atoms with E-state index in [-0.39, 0.29) is 5.56 Å². The molecular formula is C14H12BrF2N. The van der Waals surface area contributed by atoms with Gasteiger partial charge < -0.3 is 5.73 Å². The zero-order chi connectivity index (χ0) is 13.1. The van der Waals surface area contributed by atoms with Gasteiger partial charge in [0, 0.05) is 16.1 Å². The Morgan fingerprint density at radius 2 is 1.78 bits per heavy atom. The Hall–Kier alpha value is -1.26. The fraction of sp³-hybridized carbons (Fsp3) is 0.143. The lowest BCUT2D eigenvalue weighted by Gasteiger charge is -2.14. The summed E-state index contributed by atoms with van der Waals surface area (Å²) in [7, 11) is 0. The zero-order valence-corrected chi connectivity index (χ0v) is 11.1. The van der Waals surface area contributed by atoms with Crippen LogP contribution in [-0.2, 0) is 6.42 Å². The highest BCUT2D eigenvalue weighted by molar-refractivity contribution is 9.10. The minimum absolute atomic E-state index is 0.200. The van der Waals surface area contributed by atoms with Gasteiger partial charge in [0.1, 0.15) is 0 Å². The van der Waals surface area contributed by atoms with Crippen molar-refractivity contribution >= 4 is 15.9 Å². The predicted octanol–water partition coefficient (Wildman–Crippen LogP) is 3.97. The molecule has 4 heteroatoms. The van der Waals surface area contributed by atoms with Gasteiger partial charge in [0.25, 0.3) is 0 Å². The quantitative estimate of drug-likeness (QED) is 0.912. The van der Waals surface area contributed by atoms with Crippen molar-refractivity contribution in [1.29, 1.82) is 0 Å². The molecule has 1 nitrogen and oxygen atoms in total. The van der Waals surface area contributed by atoms with E-state index in [9.17, 15) is 8.78 Å². The molecule has 94 valence electrons. The van der Waals surface area contributed by atoms with Crippen molar-refractivity contribution in [1.82, 2.24) is 0 Å². The maximum atomic E-state index is 13.6. The van der Waals surface area contributed by atoms with Gasteiger partial charge in [-0.15, -0.1) is 0 Å². The molecule has 2 aromatic carbocycles. The first-order valence-electron chi connectivity index (χ1n) is 5.52. The van der Waals surface area contributed by atoms with Crippen LogP contribution in [-0.4, -0.2) is 0 Å². The van der Waals surface area contributed by atoms with Crippen LogP contribution in [0.4, 0.5) is 8.78 Å². The molecule has 1 atom stereocenters. The third-order valence-electron chi connectivity index (χ3n) is 2.78. The third-order valence-corrected chi connectivity index (χ3v) is 3.55. The van der Waals surface area contributed by atoms with Crippen molar-refractivity contribution in [2.75, 3.05) is 0 Å². The Kier molecular flexibility index (Phi) is 4.09. The Morgan fingerprint density at radius 3 is 2.50 bits per heavy atom. The summed E-state index contributed by atoms with van der Waals surface area (Å²) in [4.78, 5) is 0. The summed E-state index contributed by atoms with van der Waals surface area (Å²) in [5.41, 5.74) is 7.10. The van der Waals surface area contributed by atoms with Crippen molar-refractivity contribution in [3.05, 3.63) is 69.7 Å². The zero-order valence-electron chi connectivity index (χ0n) is 9.54. The second-order valence-corrected chi connectivity index (χ2v) is 4.90. The van der Waals surface area contributed by atoms with Gasteiger partial charge in [-0.05, 0) is 24.1 Å². The van der Waals surface area contributed by atoms with Crippen LogP contribution in [0.25, 0.3) is 0 Å². The topological polar surface area (TPSA) is 26.0 Å². The van der Waals surface area contributed by atoms with Crippen LogP contribution in [0.2, 0.25) is 0 Å². The second kappa shape index (κ2) is 5.59. The summed E-state index contributed by atoms with van der Waals surface area (Å²) >= 11 is 3.41. The fourth-order valence-electron chi connectivity index (χ4n) is 1.82. The van der Waals surface area contributed by atoms with Gasteiger partial charge in [-0.1, -0.05) is 46.3 Å². The van der Waals surface area contributed by atoms with Gasteiger partial charge in [0.2, 0.25) is 0 Å². The lowest BCUT2D eigenvalue weighted by molar-refractivity contribution is 0.488. The van der Waals surface area contributed by atoms with E-state index in [0.29, 0.717) is 6.42 Å². The van der Waals surface area contributed by atoms with E-state index < -0.39 is 17.7 Å². The van der Waals surface area contributed by atoms with Gasteiger partial charge in [-0.2, -0.15) is 0 Å². The molecule has 0 heterocycles. The van der Waals surface area contributed by atoms with Crippen molar-refractivity contribution in [3.63, 3.8) is 0 Å². The highest BCUT2D eigenvalue weighted by Gasteiger charge is 2.15. The molecule has 0 aromatic heterocycles. The Morgan fingerprint density at radius 1 is 1.06 bits per heavy atom. The van der Waals surface area contributed by atoms with E-state index in [1.54, 1.807) is 0 Å². The first kappa shape index (κ1) is 13.2. The molecule has 2 rings (SSSR count). The molecule has 0 bridgehead atoms. The normalized spacial score (nSPS) is 12.4. The van der Waals surface area contributed by atoms with E-state index in [4.69, 9.17) is 5.73 Å². The Bertz CT molecular complexity index is 557. The molecule has 0 amide bonds. The van der Waals surface area contributed by atoms with Crippen LogP contribution < -0.4 is 5.73 Å². The van der Waals surface area contributed by atoms with Crippen LogP contribution in [0, 0.1) is 11.6 Å². The number of benzene rings is 2. The lowest BCUT2D eigenvalue weighted by atomic mass is 9.99. The molecular weight excluding hydrogens is 300 g/mol. The first-order valence-corrected chi connectivity index (χ1v) is 6.32. The number of halogens is 3. The molecule has 2 N–H and O–H groups in total. The van der Waals surface area contributed by atoms with E-state index in [1.165, 1.54) is 12.1 Å². The highest BCUT2D eigenvalue weighted by Crippen LogP contribution is 2.24. The van der Waals surface area contributed by atoms with Crippen molar-refractivity contribution in [3.8, 4) is 0 Å². The lowest BCUT2D eigenvalue weighted by Crippen LogP contribution is -2.16. The minimum Gasteiger partial charge on any atom is -0.324 e. The van der Waals surface area contributed by atoms with Crippen molar-refractivity contribution in [2.24, 2.45) is 5.73 Å². The Labute approximate surface area is 113 Å². The van der Waals surface area contributed by atoms with Gasteiger partial charge in [-0.3, -0.25) is 0 Å². The number of hydrogen-bond acceptors (Lipinski definition) is 1. The summed E-state index contributed by atoms with van der Waals surface area (Å²) in [5.74, 6) is -1.73. The summed E-state index contributed by atoms with van der Waals surface area (Å²) < 4.78 is 27.6. The molecule has 0 spiro atoms. The van der Waals surface area contributed by atoms with Crippen LogP contribution in [0.15, 0.2) is 46.9 Å². The third kappa shape index (κ3) is 2.76. The maximum Gasteiger partial charge on any atom is 0.163 e. The number of hydrogen-bond donors (Lipinski definition) is 1. The minimum atomic E-state index is -0.866. The molecule has 0 aliphatic heterocycles. The number of rotatable bonds is 3. The fourth-order valence-corrected chi connectivity index (χ4v) is 2.26. The monoisotopic (exact) mass is 311 g/mol. The molecule has 1 unspecified atom stereocenters. The van der Waals surface area contributed by atoms with Gasteiger partial charge >= 0.3 is 0 Å². The van der Waals surface area contributed by atoms with E-state index in [2.05, 4.69) is 15.9 Å². The van der Waals surface area contributed by atoms with Crippen molar-refractivity contribution in [2.45, 2.75) is 12.5 Å². The largest absolute Gasteiger partial charge is 0.324 e. The number of nitrogens with two attached hydrogens (primary N) is 1. The summed E-state index contributed by atoms with van der Waals surface area (Å²) in [6.45, 7) is 0. The first-order chi connectivity index (χ1) is 8.59. The molecule has 18 heavy (non-hydrogen) atoms. The predicted molar refractivity (Wildman–Crippen MR) is 71.1 cm³/mol. The molecule has 2 aromatic rings. The summed E-state index contributed by atoms with van der Waals surface area (Å²) in [6.07, 6.45) is 0.446. The highest BCUT2D eigenvalue weighted by atomic mass is 79.9. The van der Waals surface area contributed by atoms with E-state index in [1.807, 2.05) is 24.3 Å². The van der Waals surface area contributed by atoms with E-state index >= 15 is 0 Å². The Balaban J connectivity index is 2.25. The summed E-state index contributed by atoms with van der Waals surface area (Å²) in [5, 5.41) is 0. The molecule has 0 saturated carbocycles. The molecule has 0 saturated heterocycles. The summed E-state index contributed by atoms with van der Waals surface area (Å²) in [6, 6.07) is 11.1. The standard InChI is InChI=1S/C14H12BrF2N/c15-11-6-2-1-4-9(11)8-13(18)10-5-3-7-12(16)14(10)17/h1-7,13H,8,18H2.